The van der Waals surface area contributed by atoms with Crippen LogP contribution in [0.3, 0.4) is 0 Å². The van der Waals surface area contributed by atoms with Gasteiger partial charge in [0, 0.05) is 22.1 Å². The van der Waals surface area contributed by atoms with Crippen LogP contribution in [-0.4, -0.2) is 9.97 Å². The minimum absolute atomic E-state index is 0.352. The molecule has 0 radical (unpaired) electrons. The number of anilines is 1. The second-order valence-electron chi connectivity index (χ2n) is 3.98. The van der Waals surface area contributed by atoms with Crippen molar-refractivity contribution in [3.8, 4) is 0 Å². The average molecular weight is 340 g/mol. The molecule has 0 unspecified atom stereocenters. The molecule has 1 heterocycles. The van der Waals surface area contributed by atoms with Crippen molar-refractivity contribution in [1.29, 1.82) is 0 Å². The molecule has 2 aromatic rings. The molecule has 19 heavy (non-hydrogen) atoms. The van der Waals surface area contributed by atoms with Gasteiger partial charge in [0.15, 0.2) is 0 Å². The summed E-state index contributed by atoms with van der Waals surface area (Å²) in [5.74, 6) is 1.52. The van der Waals surface area contributed by atoms with Crippen molar-refractivity contribution in [3.05, 3.63) is 46.1 Å². The Bertz CT molecular complexity index is 597. The molecule has 0 atom stereocenters. The van der Waals surface area contributed by atoms with E-state index in [0.717, 1.165) is 27.9 Å². The standard InChI is InChI=1S/C13H14BrN3OS/c1-2-9-6-17-12(18-9)7-16-11-4-3-8(14)5-10(11)13(15)19/h3-6,16H,2,7H2,1H3,(H2,15,19). The van der Waals surface area contributed by atoms with Gasteiger partial charge in [-0.2, -0.15) is 0 Å². The molecule has 1 aromatic carbocycles. The smallest absolute Gasteiger partial charge is 0.213 e. The summed E-state index contributed by atoms with van der Waals surface area (Å²) in [7, 11) is 0. The first-order valence-electron chi connectivity index (χ1n) is 5.87. The molecule has 6 heteroatoms. The van der Waals surface area contributed by atoms with E-state index >= 15 is 0 Å². The molecular weight excluding hydrogens is 326 g/mol. The van der Waals surface area contributed by atoms with Gasteiger partial charge in [0.25, 0.3) is 0 Å². The number of aryl methyl sites for hydroxylation is 1. The zero-order chi connectivity index (χ0) is 13.8. The SMILES string of the molecule is CCc1cnc(CNc2ccc(Br)cc2C(N)=S)o1. The molecule has 0 aliphatic carbocycles. The largest absolute Gasteiger partial charge is 0.444 e. The molecule has 0 spiro atoms. The van der Waals surface area contributed by atoms with Crippen LogP contribution in [0.25, 0.3) is 0 Å². The third kappa shape index (κ3) is 3.54. The molecule has 0 saturated carbocycles. The molecule has 1 aromatic heterocycles. The molecule has 0 fully saturated rings. The normalized spacial score (nSPS) is 10.4. The number of thiocarbonyl (C=S) groups is 1. The molecule has 100 valence electrons. The quantitative estimate of drug-likeness (QED) is 0.818. The number of oxazole rings is 1. The van der Waals surface area contributed by atoms with Gasteiger partial charge in [-0.1, -0.05) is 35.1 Å². The molecule has 0 bridgehead atoms. The van der Waals surface area contributed by atoms with Crippen molar-refractivity contribution in [2.45, 2.75) is 19.9 Å². The Balaban J connectivity index is 2.12. The maximum atomic E-state index is 5.71. The zero-order valence-electron chi connectivity index (χ0n) is 10.4. The summed E-state index contributed by atoms with van der Waals surface area (Å²) in [5.41, 5.74) is 7.37. The number of nitrogens with two attached hydrogens (primary N) is 1. The summed E-state index contributed by atoms with van der Waals surface area (Å²) in [6.45, 7) is 2.52. The molecule has 3 N–H and O–H groups in total. The molecule has 0 aliphatic rings. The van der Waals surface area contributed by atoms with Crippen LogP contribution in [0.1, 0.15) is 24.1 Å². The molecule has 4 nitrogen and oxygen atoms in total. The average Bonchev–Trinajstić information content (AvgIpc) is 2.85. The van der Waals surface area contributed by atoms with Crippen molar-refractivity contribution in [1.82, 2.24) is 4.98 Å². The molecule has 0 aliphatic heterocycles. The van der Waals surface area contributed by atoms with E-state index in [1.807, 2.05) is 25.1 Å². The van der Waals surface area contributed by atoms with E-state index in [-0.39, 0.29) is 0 Å². The van der Waals surface area contributed by atoms with E-state index in [4.69, 9.17) is 22.4 Å². The van der Waals surface area contributed by atoms with Crippen LogP contribution >= 0.6 is 28.1 Å². The molecule has 0 saturated heterocycles. The third-order valence-corrected chi connectivity index (χ3v) is 3.34. The first kappa shape index (κ1) is 14.0. The van der Waals surface area contributed by atoms with Crippen LogP contribution in [-0.2, 0) is 13.0 Å². The van der Waals surface area contributed by atoms with Crippen molar-refractivity contribution in [2.24, 2.45) is 5.73 Å². The second kappa shape index (κ2) is 6.16. The van der Waals surface area contributed by atoms with E-state index in [2.05, 4.69) is 26.2 Å². The summed E-state index contributed by atoms with van der Waals surface area (Å²) < 4.78 is 6.47. The highest BCUT2D eigenvalue weighted by Crippen LogP contribution is 2.21. The van der Waals surface area contributed by atoms with Gasteiger partial charge in [-0.05, 0) is 18.2 Å². The van der Waals surface area contributed by atoms with Gasteiger partial charge >= 0.3 is 0 Å². The van der Waals surface area contributed by atoms with E-state index in [1.54, 1.807) is 6.20 Å². The van der Waals surface area contributed by atoms with Crippen LogP contribution in [0.2, 0.25) is 0 Å². The highest BCUT2D eigenvalue weighted by atomic mass is 79.9. The first-order valence-corrected chi connectivity index (χ1v) is 7.07. The lowest BCUT2D eigenvalue weighted by molar-refractivity contribution is 0.466. The van der Waals surface area contributed by atoms with Gasteiger partial charge in [-0.15, -0.1) is 0 Å². The lowest BCUT2D eigenvalue weighted by Crippen LogP contribution is -2.13. The number of aromatic nitrogens is 1. The minimum atomic E-state index is 0.352. The molecular formula is C13H14BrN3OS. The number of rotatable bonds is 5. The summed E-state index contributed by atoms with van der Waals surface area (Å²) in [6, 6.07) is 5.73. The van der Waals surface area contributed by atoms with Crippen molar-refractivity contribution >= 4 is 38.8 Å². The molecule has 2 rings (SSSR count). The predicted octanol–water partition coefficient (Wildman–Crippen LogP) is 3.25. The van der Waals surface area contributed by atoms with Gasteiger partial charge < -0.3 is 15.5 Å². The van der Waals surface area contributed by atoms with Crippen LogP contribution in [0, 0.1) is 0 Å². The van der Waals surface area contributed by atoms with Crippen LogP contribution in [0.5, 0.6) is 0 Å². The Labute approximate surface area is 125 Å². The van der Waals surface area contributed by atoms with Gasteiger partial charge in [-0.25, -0.2) is 4.98 Å². The van der Waals surface area contributed by atoms with Crippen molar-refractivity contribution in [2.75, 3.05) is 5.32 Å². The Morgan fingerprint density at radius 2 is 2.32 bits per heavy atom. The number of nitrogens with zero attached hydrogens (tertiary/aromatic N) is 1. The number of hydrogen-bond donors (Lipinski definition) is 2. The fraction of sp³-hybridized carbons (Fsp3) is 0.231. The number of nitrogens with one attached hydrogen (secondary N) is 1. The number of hydrogen-bond acceptors (Lipinski definition) is 4. The lowest BCUT2D eigenvalue weighted by Gasteiger charge is -2.10. The fourth-order valence-electron chi connectivity index (χ4n) is 1.64. The van der Waals surface area contributed by atoms with Crippen LogP contribution < -0.4 is 11.1 Å². The summed E-state index contributed by atoms with van der Waals surface area (Å²) in [5, 5.41) is 3.23. The summed E-state index contributed by atoms with van der Waals surface area (Å²) >= 11 is 8.44. The van der Waals surface area contributed by atoms with Crippen LogP contribution in [0.15, 0.2) is 33.3 Å². The van der Waals surface area contributed by atoms with Gasteiger partial charge in [0.1, 0.15) is 10.7 Å². The Kier molecular flexibility index (Phi) is 4.55. The van der Waals surface area contributed by atoms with E-state index in [9.17, 15) is 0 Å². The minimum Gasteiger partial charge on any atom is -0.444 e. The number of halogens is 1. The predicted molar refractivity (Wildman–Crippen MR) is 83.2 cm³/mol. The highest BCUT2D eigenvalue weighted by molar-refractivity contribution is 9.10. The number of benzene rings is 1. The van der Waals surface area contributed by atoms with E-state index in [0.29, 0.717) is 17.4 Å². The van der Waals surface area contributed by atoms with Crippen molar-refractivity contribution in [3.63, 3.8) is 0 Å². The monoisotopic (exact) mass is 339 g/mol. The Morgan fingerprint density at radius 1 is 1.53 bits per heavy atom. The maximum absolute atomic E-state index is 5.71. The Hall–Kier alpha value is -1.40. The van der Waals surface area contributed by atoms with E-state index in [1.165, 1.54) is 0 Å². The van der Waals surface area contributed by atoms with Gasteiger partial charge in [0.2, 0.25) is 5.89 Å². The lowest BCUT2D eigenvalue weighted by atomic mass is 10.2. The zero-order valence-corrected chi connectivity index (χ0v) is 12.8. The first-order chi connectivity index (χ1) is 9.10. The topological polar surface area (TPSA) is 64.1 Å². The highest BCUT2D eigenvalue weighted by Gasteiger charge is 2.07. The summed E-state index contributed by atoms with van der Waals surface area (Å²) in [6.07, 6.45) is 2.58. The van der Waals surface area contributed by atoms with Gasteiger partial charge in [0.05, 0.1) is 12.7 Å². The molecule has 0 amide bonds. The maximum Gasteiger partial charge on any atom is 0.213 e. The second-order valence-corrected chi connectivity index (χ2v) is 5.34. The van der Waals surface area contributed by atoms with Crippen LogP contribution in [0.4, 0.5) is 5.69 Å². The van der Waals surface area contributed by atoms with E-state index < -0.39 is 0 Å². The fourth-order valence-corrected chi connectivity index (χ4v) is 2.17. The third-order valence-electron chi connectivity index (χ3n) is 2.63. The van der Waals surface area contributed by atoms with Crippen molar-refractivity contribution < 1.29 is 4.42 Å². The summed E-state index contributed by atoms with van der Waals surface area (Å²) in [4.78, 5) is 4.54. The van der Waals surface area contributed by atoms with Gasteiger partial charge in [-0.3, -0.25) is 0 Å². The Morgan fingerprint density at radius 3 is 2.95 bits per heavy atom.